The van der Waals surface area contributed by atoms with Crippen LogP contribution in [0.3, 0.4) is 0 Å². The average molecular weight is 318 g/mol. The second kappa shape index (κ2) is 6.04. The van der Waals surface area contributed by atoms with Gasteiger partial charge in [0.2, 0.25) is 6.41 Å². The third-order valence-corrected chi connectivity index (χ3v) is 4.36. The highest BCUT2D eigenvalue weighted by Crippen LogP contribution is 2.24. The minimum absolute atomic E-state index is 0.303. The molecular formula is C15H18N4O2S. The standard InChI is InChI=1S/C15H18N4O2S/c1-9-14(22-10(2)17-9)18-15(20)21-7-11-4-5-13-12(6-11)16-8-19(13)3/h4-6,8,15,18,20H,7H2,1-3H3. The van der Waals surface area contributed by atoms with E-state index in [0.29, 0.717) is 6.61 Å². The van der Waals surface area contributed by atoms with Crippen molar-refractivity contribution in [3.8, 4) is 0 Å². The van der Waals surface area contributed by atoms with Crippen LogP contribution in [0, 0.1) is 13.8 Å². The van der Waals surface area contributed by atoms with E-state index < -0.39 is 6.41 Å². The van der Waals surface area contributed by atoms with Crippen molar-refractivity contribution in [2.24, 2.45) is 7.05 Å². The lowest BCUT2D eigenvalue weighted by atomic mass is 10.2. The van der Waals surface area contributed by atoms with Crippen LogP contribution in [0.4, 0.5) is 5.00 Å². The predicted octanol–water partition coefficient (Wildman–Crippen LogP) is 2.55. The highest BCUT2D eigenvalue weighted by atomic mass is 32.1. The first kappa shape index (κ1) is 15.0. The Hall–Kier alpha value is -1.96. The quantitative estimate of drug-likeness (QED) is 0.707. The number of imidazole rings is 1. The van der Waals surface area contributed by atoms with Gasteiger partial charge in [0.1, 0.15) is 5.00 Å². The molecule has 116 valence electrons. The molecule has 7 heteroatoms. The van der Waals surface area contributed by atoms with E-state index in [1.54, 1.807) is 6.33 Å². The van der Waals surface area contributed by atoms with E-state index in [2.05, 4.69) is 15.3 Å². The molecule has 3 aromatic rings. The van der Waals surface area contributed by atoms with Crippen molar-refractivity contribution in [3.63, 3.8) is 0 Å². The highest BCUT2D eigenvalue weighted by Gasteiger charge is 2.10. The number of fused-ring (bicyclic) bond motifs is 1. The van der Waals surface area contributed by atoms with Crippen LogP contribution in [0.1, 0.15) is 16.3 Å². The summed E-state index contributed by atoms with van der Waals surface area (Å²) in [4.78, 5) is 8.61. The normalized spacial score (nSPS) is 12.7. The number of hydrogen-bond donors (Lipinski definition) is 2. The van der Waals surface area contributed by atoms with E-state index in [1.807, 2.05) is 43.7 Å². The van der Waals surface area contributed by atoms with Gasteiger partial charge < -0.3 is 19.7 Å². The molecule has 22 heavy (non-hydrogen) atoms. The molecule has 0 bridgehead atoms. The van der Waals surface area contributed by atoms with Crippen LogP contribution < -0.4 is 5.32 Å². The summed E-state index contributed by atoms with van der Waals surface area (Å²) in [6.45, 7) is 4.13. The molecule has 2 heterocycles. The number of aromatic nitrogens is 3. The maximum absolute atomic E-state index is 9.94. The summed E-state index contributed by atoms with van der Waals surface area (Å²) in [5.74, 6) is 0. The van der Waals surface area contributed by atoms with Gasteiger partial charge in [-0.3, -0.25) is 0 Å². The molecule has 0 spiro atoms. The number of hydrogen-bond acceptors (Lipinski definition) is 6. The number of aryl methyl sites for hydroxylation is 3. The van der Waals surface area contributed by atoms with Crippen molar-refractivity contribution >= 4 is 27.4 Å². The number of ether oxygens (including phenoxy) is 1. The highest BCUT2D eigenvalue weighted by molar-refractivity contribution is 7.15. The summed E-state index contributed by atoms with van der Waals surface area (Å²) in [5.41, 5.74) is 3.81. The second-order valence-corrected chi connectivity index (χ2v) is 6.34. The van der Waals surface area contributed by atoms with Crippen LogP contribution in [-0.4, -0.2) is 26.1 Å². The predicted molar refractivity (Wildman–Crippen MR) is 86.7 cm³/mol. The number of aliphatic hydroxyl groups excluding tert-OH is 1. The van der Waals surface area contributed by atoms with Gasteiger partial charge in [-0.25, -0.2) is 9.97 Å². The Labute approximate surface area is 132 Å². The first-order valence-electron chi connectivity index (χ1n) is 6.93. The Morgan fingerprint density at radius 3 is 2.95 bits per heavy atom. The SMILES string of the molecule is Cc1nc(C)c(NC(O)OCc2ccc3c(c2)ncn3C)s1. The van der Waals surface area contributed by atoms with Crippen LogP contribution in [0.5, 0.6) is 0 Å². The molecule has 2 aromatic heterocycles. The summed E-state index contributed by atoms with van der Waals surface area (Å²) in [7, 11) is 1.96. The van der Waals surface area contributed by atoms with E-state index in [0.717, 1.165) is 32.3 Å². The van der Waals surface area contributed by atoms with Gasteiger partial charge >= 0.3 is 0 Å². The summed E-state index contributed by atoms with van der Waals surface area (Å²) in [6, 6.07) is 5.93. The van der Waals surface area contributed by atoms with E-state index in [9.17, 15) is 5.11 Å². The van der Waals surface area contributed by atoms with Crippen LogP contribution in [-0.2, 0) is 18.4 Å². The van der Waals surface area contributed by atoms with E-state index in [-0.39, 0.29) is 0 Å². The van der Waals surface area contributed by atoms with Crippen LogP contribution in [0.2, 0.25) is 0 Å². The van der Waals surface area contributed by atoms with Crippen molar-refractivity contribution in [3.05, 3.63) is 40.8 Å². The molecule has 0 aliphatic heterocycles. The van der Waals surface area contributed by atoms with Crippen molar-refractivity contribution in [1.29, 1.82) is 0 Å². The zero-order valence-electron chi connectivity index (χ0n) is 12.7. The average Bonchev–Trinajstić information content (AvgIpc) is 3.00. The number of nitrogens with one attached hydrogen (secondary N) is 1. The molecule has 0 aliphatic rings. The fourth-order valence-corrected chi connectivity index (χ4v) is 3.10. The smallest absolute Gasteiger partial charge is 0.236 e. The van der Waals surface area contributed by atoms with Crippen LogP contribution in [0.25, 0.3) is 11.0 Å². The van der Waals surface area contributed by atoms with Gasteiger partial charge in [0.25, 0.3) is 0 Å². The van der Waals surface area contributed by atoms with E-state index >= 15 is 0 Å². The van der Waals surface area contributed by atoms with Gasteiger partial charge in [0, 0.05) is 7.05 Å². The summed E-state index contributed by atoms with van der Waals surface area (Å²) >= 11 is 1.49. The molecule has 0 saturated carbocycles. The van der Waals surface area contributed by atoms with Crippen LogP contribution >= 0.6 is 11.3 Å². The third-order valence-electron chi connectivity index (χ3n) is 3.36. The lowest BCUT2D eigenvalue weighted by Gasteiger charge is -2.14. The number of aliphatic hydroxyl groups is 1. The first-order chi connectivity index (χ1) is 10.5. The number of anilines is 1. The molecule has 1 atom stereocenters. The molecule has 3 rings (SSSR count). The maximum atomic E-state index is 9.94. The largest absolute Gasteiger partial charge is 0.351 e. The molecule has 0 radical (unpaired) electrons. The molecule has 0 fully saturated rings. The van der Waals surface area contributed by atoms with Gasteiger partial charge in [-0.1, -0.05) is 6.07 Å². The molecular weight excluding hydrogens is 300 g/mol. The van der Waals surface area contributed by atoms with Crippen molar-refractivity contribution in [2.75, 3.05) is 5.32 Å². The lowest BCUT2D eigenvalue weighted by Crippen LogP contribution is -2.22. The third kappa shape index (κ3) is 3.11. The monoisotopic (exact) mass is 318 g/mol. The molecule has 6 nitrogen and oxygen atoms in total. The van der Waals surface area contributed by atoms with Crippen molar-refractivity contribution < 1.29 is 9.84 Å². The molecule has 1 aromatic carbocycles. The second-order valence-electron chi connectivity index (χ2n) is 5.13. The molecule has 0 saturated heterocycles. The first-order valence-corrected chi connectivity index (χ1v) is 7.75. The fourth-order valence-electron chi connectivity index (χ4n) is 2.27. The number of thiazole rings is 1. The molecule has 0 amide bonds. The molecule has 2 N–H and O–H groups in total. The number of benzene rings is 1. The molecule has 0 aliphatic carbocycles. The fraction of sp³-hybridized carbons (Fsp3) is 0.333. The Bertz CT molecular complexity index is 796. The Kier molecular flexibility index (Phi) is 4.10. The van der Waals surface area contributed by atoms with Crippen molar-refractivity contribution in [2.45, 2.75) is 26.9 Å². The summed E-state index contributed by atoms with van der Waals surface area (Å²) < 4.78 is 7.40. The maximum Gasteiger partial charge on any atom is 0.236 e. The Morgan fingerprint density at radius 2 is 2.23 bits per heavy atom. The van der Waals surface area contributed by atoms with Crippen LogP contribution in [0.15, 0.2) is 24.5 Å². The Balaban J connectivity index is 1.62. The zero-order valence-corrected chi connectivity index (χ0v) is 13.5. The topological polar surface area (TPSA) is 72.2 Å². The van der Waals surface area contributed by atoms with Gasteiger partial charge in [0.15, 0.2) is 0 Å². The number of rotatable bonds is 5. The van der Waals surface area contributed by atoms with Gasteiger partial charge in [-0.05, 0) is 31.5 Å². The van der Waals surface area contributed by atoms with Gasteiger partial charge in [-0.15, -0.1) is 11.3 Å². The molecule has 1 unspecified atom stereocenters. The van der Waals surface area contributed by atoms with Crippen molar-refractivity contribution in [1.82, 2.24) is 14.5 Å². The van der Waals surface area contributed by atoms with E-state index in [4.69, 9.17) is 4.74 Å². The van der Waals surface area contributed by atoms with Gasteiger partial charge in [0.05, 0.1) is 34.7 Å². The summed E-state index contributed by atoms with van der Waals surface area (Å²) in [6.07, 6.45) is 0.707. The zero-order chi connectivity index (χ0) is 15.7. The minimum Gasteiger partial charge on any atom is -0.351 e. The van der Waals surface area contributed by atoms with E-state index in [1.165, 1.54) is 11.3 Å². The van der Waals surface area contributed by atoms with Gasteiger partial charge in [-0.2, -0.15) is 0 Å². The minimum atomic E-state index is -1.07. The number of nitrogens with zero attached hydrogens (tertiary/aromatic N) is 3. The summed E-state index contributed by atoms with van der Waals surface area (Å²) in [5, 5.41) is 14.6. The Morgan fingerprint density at radius 1 is 1.41 bits per heavy atom. The lowest BCUT2D eigenvalue weighted by molar-refractivity contribution is -0.0869.